The van der Waals surface area contributed by atoms with Crippen LogP contribution >= 0.6 is 11.6 Å². The average Bonchev–Trinajstić information content (AvgIpc) is 3.46. The zero-order chi connectivity index (χ0) is 30.7. The Kier molecular flexibility index (Phi) is 11.2. The summed E-state index contributed by atoms with van der Waals surface area (Å²) in [5.74, 6) is 1.46. The molecule has 1 saturated heterocycles. The maximum absolute atomic E-state index is 8.92. The number of nitrogens with one attached hydrogen (secondary N) is 1. The van der Waals surface area contributed by atoms with Gasteiger partial charge in [-0.25, -0.2) is 9.97 Å². The van der Waals surface area contributed by atoms with Gasteiger partial charge in [0, 0.05) is 43.5 Å². The van der Waals surface area contributed by atoms with Crippen molar-refractivity contribution >= 4 is 29.6 Å². The van der Waals surface area contributed by atoms with Crippen molar-refractivity contribution in [3.8, 4) is 28.8 Å². The van der Waals surface area contributed by atoms with E-state index in [1.54, 1.807) is 18.5 Å². The number of hydrogen-bond donors (Lipinski definition) is 2. The summed E-state index contributed by atoms with van der Waals surface area (Å²) in [5, 5.41) is 17.5. The Labute approximate surface area is 263 Å². The second-order valence-corrected chi connectivity index (χ2v) is 11.5. The van der Waals surface area contributed by atoms with Crippen LogP contribution in [0.3, 0.4) is 0 Å². The van der Waals surface area contributed by atoms with Gasteiger partial charge in [0.05, 0.1) is 56.0 Å². The van der Waals surface area contributed by atoms with Crippen molar-refractivity contribution in [2.75, 3.05) is 44.8 Å². The largest absolute Gasteiger partial charge is 0.487 e. The van der Waals surface area contributed by atoms with Gasteiger partial charge in [0.1, 0.15) is 17.5 Å². The fourth-order valence-electron chi connectivity index (χ4n) is 5.60. The molecule has 3 aromatic rings. The SMILES string of the molecule is C[C@@H](CN=CN)Oc1cc(-c2cnc(Nc3cn(C4CCC(N5CCOCC5)CC4)nc3OCCCC#N)nc2)ccc1Cl. The number of nitrogens with two attached hydrogens (primary N) is 1. The molecule has 2 aromatic heterocycles. The highest BCUT2D eigenvalue weighted by Gasteiger charge is 2.29. The molecule has 1 aromatic carbocycles. The molecule has 3 N–H and O–H groups in total. The highest BCUT2D eigenvalue weighted by atomic mass is 35.5. The number of hydrogen-bond acceptors (Lipinski definition) is 10. The van der Waals surface area contributed by atoms with Crippen LogP contribution in [0.4, 0.5) is 11.6 Å². The third-order valence-electron chi connectivity index (χ3n) is 7.93. The number of nitriles is 1. The molecule has 2 fully saturated rings. The van der Waals surface area contributed by atoms with Gasteiger partial charge in [-0.2, -0.15) is 5.26 Å². The molecule has 13 heteroatoms. The first-order chi connectivity index (χ1) is 21.5. The van der Waals surface area contributed by atoms with Crippen LogP contribution in [0.15, 0.2) is 41.8 Å². The fraction of sp³-hybridized carbons (Fsp3) is 0.516. The van der Waals surface area contributed by atoms with Crippen LogP contribution < -0.4 is 20.5 Å². The summed E-state index contributed by atoms with van der Waals surface area (Å²) < 4.78 is 19.5. The van der Waals surface area contributed by atoms with Gasteiger partial charge >= 0.3 is 0 Å². The monoisotopic (exact) mass is 621 g/mol. The number of benzene rings is 1. The third-order valence-corrected chi connectivity index (χ3v) is 8.24. The Balaban J connectivity index is 1.26. The molecule has 0 radical (unpaired) electrons. The fourth-order valence-corrected chi connectivity index (χ4v) is 5.77. The first-order valence-electron chi connectivity index (χ1n) is 15.2. The van der Waals surface area contributed by atoms with Crippen molar-refractivity contribution in [3.63, 3.8) is 0 Å². The van der Waals surface area contributed by atoms with E-state index in [4.69, 9.17) is 41.9 Å². The van der Waals surface area contributed by atoms with Gasteiger partial charge in [0.2, 0.25) is 5.95 Å². The van der Waals surface area contributed by atoms with Gasteiger partial charge in [-0.15, -0.1) is 5.10 Å². The molecule has 3 heterocycles. The maximum atomic E-state index is 8.92. The van der Waals surface area contributed by atoms with Crippen LogP contribution in [0.1, 0.15) is 51.5 Å². The summed E-state index contributed by atoms with van der Waals surface area (Å²) in [6, 6.07) is 8.60. The number of aromatic nitrogens is 4. The minimum atomic E-state index is -0.192. The molecule has 44 heavy (non-hydrogen) atoms. The number of ether oxygens (including phenoxy) is 3. The molecule has 1 aliphatic heterocycles. The number of rotatable bonds is 13. The summed E-state index contributed by atoms with van der Waals surface area (Å²) in [6.45, 7) is 6.41. The minimum absolute atomic E-state index is 0.192. The van der Waals surface area contributed by atoms with E-state index in [2.05, 4.69) is 31.2 Å². The zero-order valence-corrected chi connectivity index (χ0v) is 25.8. The minimum Gasteiger partial charge on any atom is -0.487 e. The van der Waals surface area contributed by atoms with Crippen molar-refractivity contribution in [1.82, 2.24) is 24.6 Å². The zero-order valence-electron chi connectivity index (χ0n) is 25.1. The van der Waals surface area contributed by atoms with Gasteiger partial charge in [-0.05, 0) is 56.7 Å². The second-order valence-electron chi connectivity index (χ2n) is 11.1. The molecule has 234 valence electrons. The molecule has 1 saturated carbocycles. The average molecular weight is 622 g/mol. The molecule has 1 atom stereocenters. The number of halogens is 1. The van der Waals surface area contributed by atoms with Gasteiger partial charge in [0.25, 0.3) is 5.88 Å². The highest BCUT2D eigenvalue weighted by Crippen LogP contribution is 2.35. The van der Waals surface area contributed by atoms with Crippen molar-refractivity contribution in [2.24, 2.45) is 10.7 Å². The third kappa shape index (κ3) is 8.37. The van der Waals surface area contributed by atoms with E-state index in [9.17, 15) is 0 Å². The molecule has 1 aliphatic carbocycles. The van der Waals surface area contributed by atoms with Gasteiger partial charge in [0.15, 0.2) is 0 Å². The van der Waals surface area contributed by atoms with Crippen LogP contribution in [-0.2, 0) is 4.74 Å². The molecule has 12 nitrogen and oxygen atoms in total. The predicted octanol–water partition coefficient (Wildman–Crippen LogP) is 4.99. The number of anilines is 2. The Bertz CT molecular complexity index is 1410. The number of morpholine rings is 1. The number of aliphatic imine (C=N–C) groups is 1. The smallest absolute Gasteiger partial charge is 0.256 e. The Morgan fingerprint density at radius 3 is 2.66 bits per heavy atom. The van der Waals surface area contributed by atoms with E-state index >= 15 is 0 Å². The summed E-state index contributed by atoms with van der Waals surface area (Å²) in [5.41, 5.74) is 7.72. The van der Waals surface area contributed by atoms with Crippen LogP contribution in [0.5, 0.6) is 11.6 Å². The normalized spacial score (nSPS) is 19.8. The van der Waals surface area contributed by atoms with Crippen molar-refractivity contribution < 1.29 is 14.2 Å². The van der Waals surface area contributed by atoms with E-state index in [0.29, 0.717) is 66.4 Å². The van der Waals surface area contributed by atoms with E-state index in [0.717, 1.165) is 63.1 Å². The van der Waals surface area contributed by atoms with Crippen molar-refractivity contribution in [3.05, 3.63) is 41.8 Å². The first kappa shape index (κ1) is 31.5. The van der Waals surface area contributed by atoms with Crippen molar-refractivity contribution in [1.29, 1.82) is 5.26 Å². The van der Waals surface area contributed by atoms with Crippen LogP contribution in [0, 0.1) is 11.3 Å². The lowest BCUT2D eigenvalue weighted by atomic mass is 9.90. The summed E-state index contributed by atoms with van der Waals surface area (Å²) in [7, 11) is 0. The van der Waals surface area contributed by atoms with Gasteiger partial charge in [-0.1, -0.05) is 17.7 Å². The van der Waals surface area contributed by atoms with Crippen molar-refractivity contribution in [2.45, 2.75) is 63.6 Å². The lowest BCUT2D eigenvalue weighted by Crippen LogP contribution is -2.45. The lowest BCUT2D eigenvalue weighted by molar-refractivity contribution is 0.00503. The van der Waals surface area contributed by atoms with E-state index in [1.165, 1.54) is 6.34 Å². The molecular weight excluding hydrogens is 582 g/mol. The summed E-state index contributed by atoms with van der Waals surface area (Å²) in [6.07, 6.45) is 12.0. The highest BCUT2D eigenvalue weighted by molar-refractivity contribution is 6.32. The van der Waals surface area contributed by atoms with Crippen LogP contribution in [0.2, 0.25) is 5.02 Å². The molecule has 2 aliphatic rings. The van der Waals surface area contributed by atoms with Gasteiger partial charge < -0.3 is 25.3 Å². The van der Waals surface area contributed by atoms with E-state index < -0.39 is 0 Å². The number of nitrogens with zero attached hydrogens (tertiary/aromatic N) is 7. The van der Waals surface area contributed by atoms with E-state index in [1.807, 2.05) is 29.9 Å². The summed E-state index contributed by atoms with van der Waals surface area (Å²) >= 11 is 6.37. The molecule has 0 spiro atoms. The van der Waals surface area contributed by atoms with Crippen LogP contribution in [0.25, 0.3) is 11.1 Å². The molecular formula is C31H40ClN9O3. The Morgan fingerprint density at radius 1 is 1.18 bits per heavy atom. The molecule has 5 rings (SSSR count). The van der Waals surface area contributed by atoms with Crippen LogP contribution in [-0.4, -0.2) is 82.6 Å². The lowest BCUT2D eigenvalue weighted by Gasteiger charge is -2.38. The molecule has 0 unspecified atom stereocenters. The molecule has 0 amide bonds. The quantitative estimate of drug-likeness (QED) is 0.152. The second kappa shape index (κ2) is 15.7. The Hall–Kier alpha value is -3.92. The predicted molar refractivity (Wildman–Crippen MR) is 170 cm³/mol. The summed E-state index contributed by atoms with van der Waals surface area (Å²) in [4.78, 5) is 15.7. The topological polar surface area (TPSA) is 149 Å². The first-order valence-corrected chi connectivity index (χ1v) is 15.6. The van der Waals surface area contributed by atoms with E-state index in [-0.39, 0.29) is 6.10 Å². The van der Waals surface area contributed by atoms with Gasteiger partial charge in [-0.3, -0.25) is 14.6 Å². The Morgan fingerprint density at radius 2 is 1.93 bits per heavy atom. The maximum Gasteiger partial charge on any atom is 0.256 e. The number of unbranched alkanes of at least 4 members (excludes halogenated alkanes) is 1. The standard InChI is InChI=1S/C31H40ClN9O3/c1-22(17-35-21-34)44-29-16-23(4-9-27(29)32)24-18-36-31(37-19-24)38-28-20-41(39-30(28)43-13-3-2-10-33)26-7-5-25(6-8-26)40-11-14-42-15-12-40/h4,9,16,18-22,25-26H,2-3,5-8,11-15,17H2,1H3,(H2,34,35)(H,36,37,38)/t22-,25?,26?/m0/s1. The molecule has 0 bridgehead atoms.